The van der Waals surface area contributed by atoms with Gasteiger partial charge in [-0.3, -0.25) is 0 Å². The van der Waals surface area contributed by atoms with Crippen molar-refractivity contribution in [2.45, 2.75) is 0 Å². The summed E-state index contributed by atoms with van der Waals surface area (Å²) in [5, 5.41) is 2.35. The van der Waals surface area contributed by atoms with Crippen molar-refractivity contribution in [2.75, 3.05) is 0 Å². The quantitative estimate of drug-likeness (QED) is 0.229. The molecule has 0 aliphatic rings. The molecule has 0 N–H and O–H groups in total. The summed E-state index contributed by atoms with van der Waals surface area (Å²) in [6.07, 6.45) is 0. The van der Waals surface area contributed by atoms with E-state index in [1.165, 1.54) is 49.2 Å². The van der Waals surface area contributed by atoms with Crippen LogP contribution in [0.15, 0.2) is 162 Å². The Kier molecular flexibility index (Phi) is 9.99. The highest BCUT2D eigenvalue weighted by Crippen LogP contribution is 2.38. The van der Waals surface area contributed by atoms with E-state index in [1.807, 2.05) is 12.1 Å². The number of hydrogen-bond acceptors (Lipinski definition) is 4. The number of furan rings is 1. The lowest BCUT2D eigenvalue weighted by atomic mass is 9.64. The molecule has 0 amide bonds. The van der Waals surface area contributed by atoms with Crippen LogP contribution in [0.4, 0.5) is 0 Å². The molecule has 0 aliphatic heterocycles. The molecule has 0 spiro atoms. The Bertz CT molecular complexity index is 3240. The first-order valence-corrected chi connectivity index (χ1v) is 21.4. The number of benzene rings is 8. The van der Waals surface area contributed by atoms with Crippen molar-refractivity contribution in [3.63, 3.8) is 0 Å². The molecule has 62 heavy (non-hydrogen) atoms. The van der Waals surface area contributed by atoms with Crippen LogP contribution >= 0.6 is 0 Å². The Morgan fingerprint density at radius 1 is 0.274 bits per heavy atom. The van der Waals surface area contributed by atoms with Gasteiger partial charge in [0.15, 0.2) is 17.5 Å². The molecule has 286 valence electrons. The van der Waals surface area contributed by atoms with E-state index in [9.17, 15) is 0 Å². The first-order valence-electron chi connectivity index (χ1n) is 21.4. The van der Waals surface area contributed by atoms with Crippen LogP contribution in [0.1, 0.15) is 0 Å². The molecule has 10 aromatic rings. The summed E-state index contributed by atoms with van der Waals surface area (Å²) >= 11 is 0. The molecule has 0 saturated heterocycles. The standard InChI is InChI=1S/C51H40B7N3O/c52-40-37(38-39-41(53)42(54)44(56)46(58)48(39)62-47(38)45(57)43(40)55)35-24-34(29-14-8-3-9-15-29)25-36(26-35)51-60-49(32-20-16-30(17-21-32)27-10-4-1-5-11-27)59-50(61-51)33-22-18-31(19-23-33)28-12-6-2-7-13-28/h1-26H,52-58H2. The highest BCUT2D eigenvalue weighted by molar-refractivity contribution is 6.68. The van der Waals surface area contributed by atoms with Crippen LogP contribution in [0.5, 0.6) is 0 Å². The van der Waals surface area contributed by atoms with Gasteiger partial charge >= 0.3 is 0 Å². The van der Waals surface area contributed by atoms with Crippen molar-refractivity contribution in [3.05, 3.63) is 158 Å². The topological polar surface area (TPSA) is 51.8 Å². The first-order chi connectivity index (χ1) is 30.1. The van der Waals surface area contributed by atoms with Gasteiger partial charge in [-0.25, -0.2) is 15.0 Å². The maximum atomic E-state index is 6.93. The van der Waals surface area contributed by atoms with Gasteiger partial charge in [0.2, 0.25) is 0 Å². The van der Waals surface area contributed by atoms with E-state index >= 15 is 0 Å². The summed E-state index contributed by atoms with van der Waals surface area (Å²) in [6.45, 7) is 0. The molecule has 2 aromatic heterocycles. The molecule has 8 aromatic carbocycles. The number of rotatable bonds is 7. The van der Waals surface area contributed by atoms with Gasteiger partial charge in [0, 0.05) is 27.5 Å². The van der Waals surface area contributed by atoms with E-state index in [0.717, 1.165) is 72.2 Å². The van der Waals surface area contributed by atoms with E-state index in [-0.39, 0.29) is 0 Å². The molecule has 0 fully saturated rings. The van der Waals surface area contributed by atoms with Gasteiger partial charge in [-0.15, -0.1) is 5.46 Å². The van der Waals surface area contributed by atoms with Gasteiger partial charge in [-0.05, 0) is 62.7 Å². The first kappa shape index (κ1) is 39.2. The van der Waals surface area contributed by atoms with Crippen LogP contribution in [-0.4, -0.2) is 69.9 Å². The molecular formula is C51H40B7N3O. The molecule has 4 nitrogen and oxygen atoms in total. The van der Waals surface area contributed by atoms with Gasteiger partial charge in [0.05, 0.1) is 0 Å². The monoisotopic (exact) mass is 787 g/mol. The fourth-order valence-corrected chi connectivity index (χ4v) is 9.01. The fourth-order valence-electron chi connectivity index (χ4n) is 9.01. The number of fused-ring (bicyclic) bond motifs is 3. The summed E-state index contributed by atoms with van der Waals surface area (Å²) in [6, 6.07) is 55.3. The lowest BCUT2D eigenvalue weighted by Crippen LogP contribution is -2.47. The maximum absolute atomic E-state index is 6.93. The molecular weight excluding hydrogens is 746 g/mol. The number of aromatic nitrogens is 3. The minimum Gasteiger partial charge on any atom is -0.457 e. The summed E-state index contributed by atoms with van der Waals surface area (Å²) in [7, 11) is 15.5. The van der Waals surface area contributed by atoms with E-state index in [0.29, 0.717) is 17.5 Å². The van der Waals surface area contributed by atoms with E-state index in [4.69, 9.17) is 19.4 Å². The zero-order chi connectivity index (χ0) is 42.6. The predicted octanol–water partition coefficient (Wildman–Crippen LogP) is 1.25. The molecule has 0 bridgehead atoms. The van der Waals surface area contributed by atoms with Crippen LogP contribution in [0.25, 0.3) is 101 Å². The second-order valence-electron chi connectivity index (χ2n) is 16.6. The molecule has 2 heterocycles. The summed E-state index contributed by atoms with van der Waals surface area (Å²) < 4.78 is 6.93. The Hall–Kier alpha value is -6.98. The largest absolute Gasteiger partial charge is 0.457 e. The summed E-state index contributed by atoms with van der Waals surface area (Å²) in [4.78, 5) is 15.8. The molecule has 10 rings (SSSR count). The van der Waals surface area contributed by atoms with Crippen LogP contribution in [-0.2, 0) is 0 Å². The van der Waals surface area contributed by atoms with Gasteiger partial charge in [-0.2, -0.15) is 0 Å². The van der Waals surface area contributed by atoms with Crippen molar-refractivity contribution in [1.82, 2.24) is 15.0 Å². The Morgan fingerprint density at radius 2 is 0.613 bits per heavy atom. The highest BCUT2D eigenvalue weighted by atomic mass is 16.3. The zero-order valence-corrected chi connectivity index (χ0v) is 36.3. The van der Waals surface area contributed by atoms with Crippen LogP contribution in [0.3, 0.4) is 0 Å². The van der Waals surface area contributed by atoms with E-state index in [2.05, 4.69) is 201 Å². The molecule has 0 unspecified atom stereocenters. The van der Waals surface area contributed by atoms with Crippen molar-refractivity contribution < 1.29 is 4.42 Å². The molecule has 0 aliphatic carbocycles. The number of nitrogens with zero attached hydrogens (tertiary/aromatic N) is 3. The van der Waals surface area contributed by atoms with Gasteiger partial charge in [-0.1, -0.05) is 172 Å². The van der Waals surface area contributed by atoms with E-state index < -0.39 is 0 Å². The Labute approximate surface area is 369 Å². The van der Waals surface area contributed by atoms with Crippen LogP contribution in [0.2, 0.25) is 0 Å². The normalized spacial score (nSPS) is 11.4. The van der Waals surface area contributed by atoms with Crippen molar-refractivity contribution >= 4 is 115 Å². The minimum absolute atomic E-state index is 0.608. The number of hydrogen-bond donors (Lipinski definition) is 0. The average Bonchev–Trinajstić information content (AvgIpc) is 3.73. The van der Waals surface area contributed by atoms with Gasteiger partial charge in [0.1, 0.15) is 66.1 Å². The van der Waals surface area contributed by atoms with Crippen LogP contribution < -0.4 is 38.2 Å². The molecule has 0 atom stereocenters. The molecule has 0 radical (unpaired) electrons. The van der Waals surface area contributed by atoms with Gasteiger partial charge < -0.3 is 4.42 Å². The molecule has 11 heteroatoms. The smallest absolute Gasteiger partial charge is 0.164 e. The second-order valence-corrected chi connectivity index (χ2v) is 16.6. The Balaban J connectivity index is 1.22. The van der Waals surface area contributed by atoms with Crippen molar-refractivity contribution in [2.24, 2.45) is 0 Å². The lowest BCUT2D eigenvalue weighted by Gasteiger charge is -2.18. The van der Waals surface area contributed by atoms with E-state index in [1.54, 1.807) is 0 Å². The zero-order valence-electron chi connectivity index (χ0n) is 36.3. The van der Waals surface area contributed by atoms with Crippen molar-refractivity contribution in [1.29, 1.82) is 0 Å². The summed E-state index contributed by atoms with van der Waals surface area (Å²) in [5.41, 5.74) is 22.4. The Morgan fingerprint density at radius 3 is 1.10 bits per heavy atom. The third kappa shape index (κ3) is 6.82. The predicted molar refractivity (Wildman–Crippen MR) is 282 cm³/mol. The third-order valence-electron chi connectivity index (χ3n) is 13.1. The summed E-state index contributed by atoms with van der Waals surface area (Å²) in [5.74, 6) is 1.84. The highest BCUT2D eigenvalue weighted by Gasteiger charge is 2.24. The third-order valence-corrected chi connectivity index (χ3v) is 13.1. The molecule has 0 saturated carbocycles. The average molecular weight is 787 g/mol. The second kappa shape index (κ2) is 15.8. The van der Waals surface area contributed by atoms with Gasteiger partial charge in [0.25, 0.3) is 0 Å². The van der Waals surface area contributed by atoms with Crippen LogP contribution in [0, 0.1) is 0 Å². The fraction of sp³-hybridized carbons (Fsp3) is 0. The minimum atomic E-state index is 0.608. The lowest BCUT2D eigenvalue weighted by molar-refractivity contribution is 0.675. The van der Waals surface area contributed by atoms with Crippen molar-refractivity contribution in [3.8, 4) is 78.7 Å². The SMILES string of the molecule is Bc1c(B)c(B)c2c(oc3c(B)c(B)c(B)c(-c4cc(-c5ccccc5)cc(-c5nc(-c6ccc(-c7ccccc7)cc6)nc(-c6ccc(-c7ccccc7)cc6)n5)c4)c32)c1B. The maximum Gasteiger partial charge on any atom is 0.164 e.